The number of halogens is 2. The number of nitriles is 1. The number of hydrogen-bond acceptors (Lipinski definition) is 2. The lowest BCUT2D eigenvalue weighted by Gasteiger charge is -1.98. The molecule has 0 aliphatic heterocycles. The Bertz CT molecular complexity index is 800. The molecule has 0 bridgehead atoms. The minimum Gasteiger partial charge on any atom is -0.290 e. The number of pyridine rings is 1. The van der Waals surface area contributed by atoms with Crippen molar-refractivity contribution >= 4 is 21.6 Å². The van der Waals surface area contributed by atoms with Crippen LogP contribution in [0.4, 0.5) is 4.39 Å². The third kappa shape index (κ3) is 2.00. The van der Waals surface area contributed by atoms with E-state index in [4.69, 9.17) is 0 Å². The molecule has 5 heteroatoms. The van der Waals surface area contributed by atoms with Gasteiger partial charge >= 0.3 is 0 Å². The van der Waals surface area contributed by atoms with Gasteiger partial charge in [-0.25, -0.2) is 9.37 Å². The Kier molecular flexibility index (Phi) is 2.80. The van der Waals surface area contributed by atoms with E-state index in [9.17, 15) is 9.65 Å². The molecule has 0 saturated heterocycles. The van der Waals surface area contributed by atoms with Crippen LogP contribution in [-0.2, 0) is 0 Å². The minimum atomic E-state index is -0.311. The second-order valence-electron chi connectivity index (χ2n) is 4.00. The van der Waals surface area contributed by atoms with Crippen LogP contribution in [0.5, 0.6) is 0 Å². The monoisotopic (exact) mass is 315 g/mol. The van der Waals surface area contributed by atoms with Crippen molar-refractivity contribution in [2.75, 3.05) is 0 Å². The van der Waals surface area contributed by atoms with Crippen LogP contribution in [0.25, 0.3) is 16.9 Å². The summed E-state index contributed by atoms with van der Waals surface area (Å²) < 4.78 is 15.5. The summed E-state index contributed by atoms with van der Waals surface area (Å²) in [5.41, 5.74) is 2.39. The number of aromatic nitrogens is 2. The van der Waals surface area contributed by atoms with E-state index in [0.717, 1.165) is 10.0 Å². The van der Waals surface area contributed by atoms with Crippen molar-refractivity contribution in [2.24, 2.45) is 0 Å². The highest BCUT2D eigenvalue weighted by atomic mass is 79.9. The van der Waals surface area contributed by atoms with Gasteiger partial charge in [0, 0.05) is 16.2 Å². The largest absolute Gasteiger partial charge is 0.290 e. The predicted octanol–water partition coefficient (Wildman–Crippen LogP) is 3.77. The lowest BCUT2D eigenvalue weighted by molar-refractivity contribution is 0.628. The summed E-state index contributed by atoms with van der Waals surface area (Å²) >= 11 is 3.36. The van der Waals surface area contributed by atoms with E-state index in [1.165, 1.54) is 12.1 Å². The smallest absolute Gasteiger partial charge is 0.152 e. The van der Waals surface area contributed by atoms with Crippen LogP contribution in [0.3, 0.4) is 0 Å². The molecule has 0 fully saturated rings. The summed E-state index contributed by atoms with van der Waals surface area (Å²) in [6.07, 6.45) is 1.79. The van der Waals surface area contributed by atoms with E-state index in [1.807, 2.05) is 12.1 Å². The Labute approximate surface area is 117 Å². The Morgan fingerprint density at radius 1 is 1.16 bits per heavy atom. The summed E-state index contributed by atoms with van der Waals surface area (Å²) in [6.45, 7) is 0. The molecule has 92 valence electrons. The maximum Gasteiger partial charge on any atom is 0.152 e. The van der Waals surface area contributed by atoms with Crippen molar-refractivity contribution in [1.29, 1.82) is 5.26 Å². The van der Waals surface area contributed by atoms with Crippen molar-refractivity contribution in [2.45, 2.75) is 0 Å². The highest BCUT2D eigenvalue weighted by molar-refractivity contribution is 9.10. The average Bonchev–Trinajstić information content (AvgIpc) is 2.77. The number of fused-ring (bicyclic) bond motifs is 1. The lowest BCUT2D eigenvalue weighted by atomic mass is 10.1. The SMILES string of the molecule is N#Cc1c(-c2ccc(F)cc2)nc2ccc(Br)cn12. The van der Waals surface area contributed by atoms with Crippen LogP contribution in [0.1, 0.15) is 5.69 Å². The van der Waals surface area contributed by atoms with Gasteiger partial charge in [0.25, 0.3) is 0 Å². The zero-order chi connectivity index (χ0) is 13.4. The maximum atomic E-state index is 12.9. The fourth-order valence-corrected chi connectivity index (χ4v) is 2.27. The normalized spacial score (nSPS) is 10.6. The van der Waals surface area contributed by atoms with E-state index in [-0.39, 0.29) is 5.82 Å². The molecule has 2 heterocycles. The van der Waals surface area contributed by atoms with E-state index in [1.54, 1.807) is 22.7 Å². The van der Waals surface area contributed by atoms with Gasteiger partial charge < -0.3 is 0 Å². The van der Waals surface area contributed by atoms with Crippen LogP contribution >= 0.6 is 15.9 Å². The summed E-state index contributed by atoms with van der Waals surface area (Å²) in [4.78, 5) is 4.42. The molecule has 3 nitrogen and oxygen atoms in total. The van der Waals surface area contributed by atoms with Gasteiger partial charge in [-0.2, -0.15) is 5.26 Å². The molecule has 1 aromatic carbocycles. The number of rotatable bonds is 1. The van der Waals surface area contributed by atoms with Gasteiger partial charge in [-0.15, -0.1) is 0 Å². The van der Waals surface area contributed by atoms with E-state index >= 15 is 0 Å². The van der Waals surface area contributed by atoms with Gasteiger partial charge in [0.05, 0.1) is 0 Å². The third-order valence-electron chi connectivity index (χ3n) is 2.81. The van der Waals surface area contributed by atoms with Crippen LogP contribution in [-0.4, -0.2) is 9.38 Å². The molecule has 0 unspecified atom stereocenters. The summed E-state index contributed by atoms with van der Waals surface area (Å²) in [5, 5.41) is 9.31. The number of nitrogens with zero attached hydrogens (tertiary/aromatic N) is 3. The number of hydrogen-bond donors (Lipinski definition) is 0. The van der Waals surface area contributed by atoms with Crippen molar-refractivity contribution < 1.29 is 4.39 Å². The first-order valence-corrected chi connectivity index (χ1v) is 6.32. The fourth-order valence-electron chi connectivity index (χ4n) is 1.93. The van der Waals surface area contributed by atoms with Gasteiger partial charge in [-0.3, -0.25) is 4.40 Å². The van der Waals surface area contributed by atoms with Crippen molar-refractivity contribution in [3.8, 4) is 17.3 Å². The first-order chi connectivity index (χ1) is 9.19. The van der Waals surface area contributed by atoms with Crippen LogP contribution in [0.2, 0.25) is 0 Å². The Hall–Kier alpha value is -2.19. The summed E-state index contributed by atoms with van der Waals surface area (Å²) in [5.74, 6) is -0.311. The highest BCUT2D eigenvalue weighted by Gasteiger charge is 2.13. The second kappa shape index (κ2) is 4.48. The molecule has 0 atom stereocenters. The Morgan fingerprint density at radius 3 is 2.58 bits per heavy atom. The van der Waals surface area contributed by atoms with Crippen LogP contribution < -0.4 is 0 Å². The van der Waals surface area contributed by atoms with Gasteiger partial charge in [-0.1, -0.05) is 0 Å². The van der Waals surface area contributed by atoms with E-state index in [0.29, 0.717) is 17.0 Å². The molecule has 0 amide bonds. The molecule has 2 aromatic heterocycles. The van der Waals surface area contributed by atoms with Crippen molar-refractivity contribution in [1.82, 2.24) is 9.38 Å². The summed E-state index contributed by atoms with van der Waals surface area (Å²) in [6, 6.07) is 11.8. The average molecular weight is 316 g/mol. The molecule has 0 aliphatic rings. The van der Waals surface area contributed by atoms with Gasteiger partial charge in [0.15, 0.2) is 5.69 Å². The molecule has 0 saturated carbocycles. The first-order valence-electron chi connectivity index (χ1n) is 5.52. The molecular weight excluding hydrogens is 309 g/mol. The predicted molar refractivity (Wildman–Crippen MR) is 73.0 cm³/mol. The quantitative estimate of drug-likeness (QED) is 0.685. The molecule has 3 aromatic rings. The zero-order valence-corrected chi connectivity index (χ0v) is 11.2. The van der Waals surface area contributed by atoms with Crippen molar-refractivity contribution in [3.05, 3.63) is 58.6 Å². The van der Waals surface area contributed by atoms with Gasteiger partial charge in [0.1, 0.15) is 23.2 Å². The molecular formula is C14H7BrFN3. The standard InChI is InChI=1S/C14H7BrFN3/c15-10-3-6-13-18-14(12(7-17)19(13)8-10)9-1-4-11(16)5-2-9/h1-6,8H. The molecule has 0 radical (unpaired) electrons. The van der Waals surface area contributed by atoms with Gasteiger partial charge in [0.2, 0.25) is 0 Å². The van der Waals surface area contributed by atoms with E-state index in [2.05, 4.69) is 27.0 Å². The lowest BCUT2D eigenvalue weighted by Crippen LogP contribution is -1.89. The van der Waals surface area contributed by atoms with Crippen LogP contribution in [0, 0.1) is 17.1 Å². The number of imidazole rings is 1. The number of benzene rings is 1. The molecule has 19 heavy (non-hydrogen) atoms. The Morgan fingerprint density at radius 2 is 1.89 bits per heavy atom. The fraction of sp³-hybridized carbons (Fsp3) is 0. The van der Waals surface area contributed by atoms with Crippen molar-refractivity contribution in [3.63, 3.8) is 0 Å². The topological polar surface area (TPSA) is 41.1 Å². The van der Waals surface area contributed by atoms with Gasteiger partial charge in [-0.05, 0) is 52.3 Å². The first kappa shape index (κ1) is 11.9. The molecule has 3 rings (SSSR count). The third-order valence-corrected chi connectivity index (χ3v) is 3.28. The molecule has 0 aliphatic carbocycles. The molecule has 0 N–H and O–H groups in total. The minimum absolute atomic E-state index is 0.311. The van der Waals surface area contributed by atoms with E-state index < -0.39 is 0 Å². The zero-order valence-electron chi connectivity index (χ0n) is 9.64. The highest BCUT2D eigenvalue weighted by Crippen LogP contribution is 2.25. The second-order valence-corrected chi connectivity index (χ2v) is 4.92. The summed E-state index contributed by atoms with van der Waals surface area (Å²) in [7, 11) is 0. The van der Waals surface area contributed by atoms with Crippen LogP contribution in [0.15, 0.2) is 47.1 Å². The molecule has 0 spiro atoms. The maximum absolute atomic E-state index is 12.9. The Balaban J connectivity index is 2.29.